The summed E-state index contributed by atoms with van der Waals surface area (Å²) in [6.45, 7) is 5.66. The maximum absolute atomic E-state index is 12.0. The molecule has 2 aromatic carbocycles. The summed E-state index contributed by atoms with van der Waals surface area (Å²) in [6.07, 6.45) is 1.53. The number of rotatable bonds is 5. The second-order valence-corrected chi connectivity index (χ2v) is 6.81. The Bertz CT molecular complexity index is 812. The van der Waals surface area contributed by atoms with Crippen LogP contribution in [0.2, 0.25) is 5.02 Å². The molecule has 0 aliphatic heterocycles. The van der Waals surface area contributed by atoms with E-state index in [1.54, 1.807) is 18.2 Å². The van der Waals surface area contributed by atoms with Crippen LogP contribution in [0.15, 0.2) is 60.5 Å². The highest BCUT2D eigenvalue weighted by Crippen LogP contribution is 2.26. The zero-order valence-electron chi connectivity index (χ0n) is 12.1. The van der Waals surface area contributed by atoms with Gasteiger partial charge in [-0.25, -0.2) is 8.42 Å². The Balaban J connectivity index is 2.17. The van der Waals surface area contributed by atoms with Gasteiger partial charge in [-0.05, 0) is 41.8 Å². The summed E-state index contributed by atoms with van der Waals surface area (Å²) in [7, 11) is -3.59. The van der Waals surface area contributed by atoms with E-state index in [0.717, 1.165) is 22.1 Å². The van der Waals surface area contributed by atoms with Crippen molar-refractivity contribution in [2.45, 2.75) is 6.92 Å². The Morgan fingerprint density at radius 1 is 1.18 bits per heavy atom. The third-order valence-corrected chi connectivity index (χ3v) is 4.26. The maximum Gasteiger partial charge on any atom is 0.255 e. The zero-order chi connectivity index (χ0) is 16.2. The lowest BCUT2D eigenvalue weighted by molar-refractivity contribution is 0.609. The Morgan fingerprint density at radius 3 is 2.45 bits per heavy atom. The molecule has 5 heteroatoms. The highest BCUT2D eigenvalue weighted by Gasteiger charge is 2.08. The van der Waals surface area contributed by atoms with Gasteiger partial charge >= 0.3 is 0 Å². The van der Waals surface area contributed by atoms with Crippen LogP contribution < -0.4 is 4.72 Å². The van der Waals surface area contributed by atoms with Gasteiger partial charge in [0.2, 0.25) is 0 Å². The maximum atomic E-state index is 12.0. The van der Waals surface area contributed by atoms with Gasteiger partial charge in [-0.2, -0.15) is 0 Å². The first-order valence-corrected chi connectivity index (χ1v) is 8.51. The predicted octanol–water partition coefficient (Wildman–Crippen LogP) is 4.79. The molecular formula is C17H16ClNO2S. The second-order valence-electron chi connectivity index (χ2n) is 4.84. The first-order valence-electron chi connectivity index (χ1n) is 6.59. The summed E-state index contributed by atoms with van der Waals surface area (Å²) < 4.78 is 26.6. The number of hydrogen-bond donors (Lipinski definition) is 1. The van der Waals surface area contributed by atoms with Gasteiger partial charge in [0.1, 0.15) is 0 Å². The lowest BCUT2D eigenvalue weighted by Gasteiger charge is -2.08. The fourth-order valence-electron chi connectivity index (χ4n) is 1.86. The molecule has 0 fully saturated rings. The molecule has 22 heavy (non-hydrogen) atoms. The number of benzene rings is 2. The van der Waals surface area contributed by atoms with Crippen LogP contribution in [0.1, 0.15) is 18.1 Å². The fourth-order valence-corrected chi connectivity index (χ4v) is 3.06. The standard InChI is InChI=1S/C17H16ClNO2S/c1-13(2)16-9-8-15(12-17(16)18)19-22(20,21)11-10-14-6-4-3-5-7-14/h3-12,19H,1H2,2H3/b11-10+. The molecule has 0 atom stereocenters. The topological polar surface area (TPSA) is 46.2 Å². The van der Waals surface area contributed by atoms with Gasteiger partial charge in [0.15, 0.2) is 0 Å². The van der Waals surface area contributed by atoms with E-state index in [1.165, 1.54) is 6.08 Å². The van der Waals surface area contributed by atoms with Crippen molar-refractivity contribution >= 4 is 39.0 Å². The normalized spacial score (nSPS) is 11.5. The minimum Gasteiger partial charge on any atom is -0.280 e. The molecule has 0 amide bonds. The van der Waals surface area contributed by atoms with Crippen LogP contribution in [0.4, 0.5) is 5.69 Å². The van der Waals surface area contributed by atoms with E-state index in [-0.39, 0.29) is 0 Å². The largest absolute Gasteiger partial charge is 0.280 e. The lowest BCUT2D eigenvalue weighted by Crippen LogP contribution is -2.08. The molecule has 0 heterocycles. The number of hydrogen-bond acceptors (Lipinski definition) is 2. The Kier molecular flexibility index (Phi) is 5.06. The van der Waals surface area contributed by atoms with E-state index >= 15 is 0 Å². The van der Waals surface area contributed by atoms with Crippen LogP contribution in [0.25, 0.3) is 11.6 Å². The van der Waals surface area contributed by atoms with Crippen molar-refractivity contribution in [3.63, 3.8) is 0 Å². The molecule has 0 bridgehead atoms. The molecular weight excluding hydrogens is 318 g/mol. The first-order chi connectivity index (χ1) is 10.4. The van der Waals surface area contributed by atoms with E-state index in [9.17, 15) is 8.42 Å². The molecule has 0 unspecified atom stereocenters. The van der Waals surface area contributed by atoms with E-state index in [2.05, 4.69) is 11.3 Å². The molecule has 0 saturated heterocycles. The molecule has 0 spiro atoms. The first kappa shape index (κ1) is 16.3. The van der Waals surface area contributed by atoms with E-state index < -0.39 is 10.0 Å². The number of anilines is 1. The van der Waals surface area contributed by atoms with Gasteiger partial charge < -0.3 is 0 Å². The molecule has 0 aliphatic carbocycles. The van der Waals surface area contributed by atoms with Crippen LogP contribution in [0.3, 0.4) is 0 Å². The Hall–Kier alpha value is -2.04. The number of nitrogens with one attached hydrogen (secondary N) is 1. The number of allylic oxidation sites excluding steroid dienone is 1. The van der Waals surface area contributed by atoms with Crippen LogP contribution in [0.5, 0.6) is 0 Å². The quantitative estimate of drug-likeness (QED) is 0.855. The Morgan fingerprint density at radius 2 is 1.86 bits per heavy atom. The molecule has 1 N–H and O–H groups in total. The summed E-state index contributed by atoms with van der Waals surface area (Å²) in [5, 5.41) is 1.59. The summed E-state index contributed by atoms with van der Waals surface area (Å²) in [6, 6.07) is 14.2. The average Bonchev–Trinajstić information content (AvgIpc) is 2.45. The van der Waals surface area contributed by atoms with Gasteiger partial charge in [-0.3, -0.25) is 4.72 Å². The van der Waals surface area contributed by atoms with Crippen molar-refractivity contribution < 1.29 is 8.42 Å². The van der Waals surface area contributed by atoms with Gasteiger partial charge in [0.05, 0.1) is 16.1 Å². The van der Waals surface area contributed by atoms with E-state index in [4.69, 9.17) is 11.6 Å². The molecule has 0 saturated carbocycles. The monoisotopic (exact) mass is 333 g/mol. The molecule has 2 aromatic rings. The third-order valence-electron chi connectivity index (χ3n) is 2.93. The van der Waals surface area contributed by atoms with Crippen LogP contribution in [0, 0.1) is 0 Å². The second kappa shape index (κ2) is 6.81. The molecule has 114 valence electrons. The van der Waals surface area contributed by atoms with Crippen molar-refractivity contribution in [1.82, 2.24) is 0 Å². The minimum atomic E-state index is -3.59. The average molecular weight is 334 g/mol. The van der Waals surface area contributed by atoms with Gasteiger partial charge in [-0.15, -0.1) is 0 Å². The lowest BCUT2D eigenvalue weighted by atomic mass is 10.1. The summed E-state index contributed by atoms with van der Waals surface area (Å²) in [5.74, 6) is 0. The SMILES string of the molecule is C=C(C)c1ccc(NS(=O)(=O)/C=C/c2ccccc2)cc1Cl. The van der Waals surface area contributed by atoms with Gasteiger partial charge in [-0.1, -0.05) is 54.6 Å². The summed E-state index contributed by atoms with van der Waals surface area (Å²) >= 11 is 6.11. The molecule has 0 aliphatic rings. The molecule has 3 nitrogen and oxygen atoms in total. The third kappa shape index (κ3) is 4.48. The van der Waals surface area contributed by atoms with Crippen molar-refractivity contribution in [1.29, 1.82) is 0 Å². The number of sulfonamides is 1. The van der Waals surface area contributed by atoms with Crippen molar-refractivity contribution in [3.8, 4) is 0 Å². The zero-order valence-corrected chi connectivity index (χ0v) is 13.7. The van der Waals surface area contributed by atoms with E-state index in [0.29, 0.717) is 10.7 Å². The predicted molar refractivity (Wildman–Crippen MR) is 94.2 cm³/mol. The smallest absolute Gasteiger partial charge is 0.255 e. The highest BCUT2D eigenvalue weighted by atomic mass is 35.5. The number of halogens is 1. The molecule has 2 rings (SSSR count). The Labute approximate surface area is 136 Å². The highest BCUT2D eigenvalue weighted by molar-refractivity contribution is 7.95. The van der Waals surface area contributed by atoms with Crippen molar-refractivity contribution in [2.24, 2.45) is 0 Å². The fraction of sp³-hybridized carbons (Fsp3) is 0.0588. The van der Waals surface area contributed by atoms with E-state index in [1.807, 2.05) is 37.3 Å². The van der Waals surface area contributed by atoms with Crippen LogP contribution in [-0.2, 0) is 10.0 Å². The van der Waals surface area contributed by atoms with Gasteiger partial charge in [0.25, 0.3) is 10.0 Å². The minimum absolute atomic E-state index is 0.410. The van der Waals surface area contributed by atoms with Crippen LogP contribution >= 0.6 is 11.6 Å². The van der Waals surface area contributed by atoms with Crippen molar-refractivity contribution in [3.05, 3.63) is 76.7 Å². The van der Waals surface area contributed by atoms with Gasteiger partial charge in [0, 0.05) is 0 Å². The molecule has 0 aromatic heterocycles. The van der Waals surface area contributed by atoms with Crippen molar-refractivity contribution in [2.75, 3.05) is 4.72 Å². The summed E-state index contributed by atoms with van der Waals surface area (Å²) in [4.78, 5) is 0. The molecule has 0 radical (unpaired) electrons. The summed E-state index contributed by atoms with van der Waals surface area (Å²) in [5.41, 5.74) is 2.84. The van der Waals surface area contributed by atoms with Crippen LogP contribution in [-0.4, -0.2) is 8.42 Å².